The number of nitrogens with zero attached hydrogens (tertiary/aromatic N) is 4. The van der Waals surface area contributed by atoms with E-state index >= 15 is 0 Å². The maximum atomic E-state index is 4.70. The number of fused-ring (bicyclic) bond motifs is 1. The van der Waals surface area contributed by atoms with E-state index in [1.807, 2.05) is 55.0 Å². The molecule has 108 valence electrons. The molecule has 0 saturated heterocycles. The summed E-state index contributed by atoms with van der Waals surface area (Å²) in [7, 11) is 1.89. The summed E-state index contributed by atoms with van der Waals surface area (Å²) in [5.41, 5.74) is 1.83. The maximum absolute atomic E-state index is 4.70. The van der Waals surface area contributed by atoms with Gasteiger partial charge in [0.25, 0.3) is 0 Å². The highest BCUT2D eigenvalue weighted by atomic mass is 32.1. The molecule has 0 saturated carbocycles. The summed E-state index contributed by atoms with van der Waals surface area (Å²) in [4.78, 5) is 10.4. The van der Waals surface area contributed by atoms with Gasteiger partial charge in [0, 0.05) is 18.6 Å². The molecule has 1 aromatic carbocycles. The van der Waals surface area contributed by atoms with Gasteiger partial charge in [0.1, 0.15) is 5.82 Å². The number of aryl methyl sites for hydroxylation is 1. The molecule has 0 spiro atoms. The molecule has 6 heteroatoms. The van der Waals surface area contributed by atoms with Crippen LogP contribution in [0.25, 0.3) is 21.6 Å². The van der Waals surface area contributed by atoms with E-state index in [9.17, 15) is 0 Å². The minimum absolute atomic E-state index is 0.736. The molecule has 1 N–H and O–H groups in total. The van der Waals surface area contributed by atoms with Gasteiger partial charge in [-0.15, -0.1) is 11.3 Å². The van der Waals surface area contributed by atoms with E-state index in [0.29, 0.717) is 0 Å². The molecule has 0 unspecified atom stereocenters. The number of thiophene rings is 1. The topological polar surface area (TPSA) is 55.6 Å². The van der Waals surface area contributed by atoms with Crippen molar-refractivity contribution in [1.82, 2.24) is 19.7 Å². The van der Waals surface area contributed by atoms with Crippen molar-refractivity contribution in [3.63, 3.8) is 0 Å². The van der Waals surface area contributed by atoms with E-state index in [1.54, 1.807) is 22.2 Å². The molecular weight excluding hydrogens is 294 g/mol. The summed E-state index contributed by atoms with van der Waals surface area (Å²) >= 11 is 1.63. The molecule has 0 atom stereocenters. The Bertz CT molecular complexity index is 927. The zero-order valence-corrected chi connectivity index (χ0v) is 12.7. The van der Waals surface area contributed by atoms with E-state index in [-0.39, 0.29) is 0 Å². The number of aromatic nitrogens is 4. The van der Waals surface area contributed by atoms with Crippen molar-refractivity contribution in [1.29, 1.82) is 0 Å². The van der Waals surface area contributed by atoms with Crippen LogP contribution in [0.3, 0.4) is 0 Å². The van der Waals surface area contributed by atoms with Gasteiger partial charge in [-0.3, -0.25) is 4.68 Å². The Balaban J connectivity index is 1.87. The van der Waals surface area contributed by atoms with Crippen LogP contribution in [0, 0.1) is 0 Å². The second-order valence-corrected chi connectivity index (χ2v) is 5.87. The first kappa shape index (κ1) is 13.0. The fourth-order valence-corrected chi connectivity index (χ4v) is 2.97. The summed E-state index contributed by atoms with van der Waals surface area (Å²) in [5.74, 6) is 1.53. The smallest absolute Gasteiger partial charge is 0.172 e. The lowest BCUT2D eigenvalue weighted by Gasteiger charge is -2.08. The van der Waals surface area contributed by atoms with Gasteiger partial charge in [0.2, 0.25) is 0 Å². The minimum atomic E-state index is 0.736. The van der Waals surface area contributed by atoms with E-state index in [1.165, 1.54) is 0 Å². The van der Waals surface area contributed by atoms with Gasteiger partial charge in [-0.2, -0.15) is 5.10 Å². The van der Waals surface area contributed by atoms with Crippen molar-refractivity contribution in [3.05, 3.63) is 54.2 Å². The van der Waals surface area contributed by atoms with Crippen molar-refractivity contribution in [3.8, 4) is 10.7 Å². The Hall–Kier alpha value is -2.73. The molecule has 0 bridgehead atoms. The Labute approximate surface area is 131 Å². The van der Waals surface area contributed by atoms with E-state index in [2.05, 4.69) is 15.4 Å². The second kappa shape index (κ2) is 5.23. The van der Waals surface area contributed by atoms with Gasteiger partial charge in [-0.1, -0.05) is 18.2 Å². The lowest BCUT2D eigenvalue weighted by atomic mass is 10.2. The Morgan fingerprint density at radius 3 is 2.77 bits per heavy atom. The van der Waals surface area contributed by atoms with E-state index in [0.717, 1.165) is 33.1 Å². The highest BCUT2D eigenvalue weighted by molar-refractivity contribution is 7.13. The number of hydrogen-bond acceptors (Lipinski definition) is 5. The highest BCUT2D eigenvalue weighted by Crippen LogP contribution is 2.28. The average molecular weight is 307 g/mol. The van der Waals surface area contributed by atoms with Crippen LogP contribution in [0.5, 0.6) is 0 Å². The van der Waals surface area contributed by atoms with Gasteiger partial charge in [0.05, 0.1) is 22.3 Å². The second-order valence-electron chi connectivity index (χ2n) is 4.92. The van der Waals surface area contributed by atoms with Gasteiger partial charge >= 0.3 is 0 Å². The molecule has 5 nitrogen and oxygen atoms in total. The van der Waals surface area contributed by atoms with Crippen LogP contribution in [-0.4, -0.2) is 19.7 Å². The number of anilines is 2. The zero-order valence-electron chi connectivity index (χ0n) is 11.9. The molecule has 0 amide bonds. The number of benzene rings is 1. The van der Waals surface area contributed by atoms with Gasteiger partial charge in [0.15, 0.2) is 5.82 Å². The van der Waals surface area contributed by atoms with Crippen molar-refractivity contribution in [2.45, 2.75) is 0 Å². The molecule has 0 radical (unpaired) electrons. The van der Waals surface area contributed by atoms with Crippen molar-refractivity contribution in [2.24, 2.45) is 7.05 Å². The Morgan fingerprint density at radius 2 is 2.00 bits per heavy atom. The summed E-state index contributed by atoms with van der Waals surface area (Å²) in [5, 5.41) is 10.5. The zero-order chi connectivity index (χ0) is 14.9. The minimum Gasteiger partial charge on any atom is -0.337 e. The Morgan fingerprint density at radius 1 is 1.09 bits per heavy atom. The van der Waals surface area contributed by atoms with Gasteiger partial charge in [-0.05, 0) is 23.6 Å². The van der Waals surface area contributed by atoms with Crippen molar-refractivity contribution >= 4 is 33.7 Å². The predicted octanol–water partition coefficient (Wildman–Crippen LogP) is 3.84. The summed E-state index contributed by atoms with van der Waals surface area (Å²) in [6.45, 7) is 0. The first-order valence-corrected chi connectivity index (χ1v) is 7.74. The highest BCUT2D eigenvalue weighted by Gasteiger charge is 2.10. The third kappa shape index (κ3) is 2.33. The SMILES string of the molecule is Cn1cc(Nc2nc(-c3cccs3)nc3ccccc23)cn1. The molecule has 4 aromatic rings. The third-order valence-electron chi connectivity index (χ3n) is 3.31. The average Bonchev–Trinajstić information content (AvgIpc) is 3.19. The lowest BCUT2D eigenvalue weighted by Crippen LogP contribution is -1.98. The summed E-state index contributed by atoms with van der Waals surface area (Å²) in [6.07, 6.45) is 3.70. The van der Waals surface area contributed by atoms with Gasteiger partial charge < -0.3 is 5.32 Å². The maximum Gasteiger partial charge on any atom is 0.172 e. The largest absolute Gasteiger partial charge is 0.337 e. The quantitative estimate of drug-likeness (QED) is 0.625. The Kier molecular flexibility index (Phi) is 3.08. The monoisotopic (exact) mass is 307 g/mol. The first-order valence-electron chi connectivity index (χ1n) is 6.86. The molecular formula is C16H13N5S. The molecule has 0 aliphatic carbocycles. The first-order chi connectivity index (χ1) is 10.8. The standard InChI is InChI=1S/C16H13N5S/c1-21-10-11(9-17-21)18-15-12-5-2-3-6-13(12)19-16(20-15)14-7-4-8-22-14/h2-10H,1H3,(H,18,19,20). The number of nitrogens with one attached hydrogen (secondary N) is 1. The molecule has 3 heterocycles. The van der Waals surface area contributed by atoms with E-state index in [4.69, 9.17) is 4.98 Å². The van der Waals surface area contributed by atoms with Crippen LogP contribution < -0.4 is 5.32 Å². The lowest BCUT2D eigenvalue weighted by molar-refractivity contribution is 0.768. The van der Waals surface area contributed by atoms with Crippen LogP contribution in [0.1, 0.15) is 0 Å². The fraction of sp³-hybridized carbons (Fsp3) is 0.0625. The molecule has 0 aliphatic rings. The molecule has 0 fully saturated rings. The van der Waals surface area contributed by atoms with Crippen LogP contribution in [0.2, 0.25) is 0 Å². The van der Waals surface area contributed by atoms with Crippen molar-refractivity contribution in [2.75, 3.05) is 5.32 Å². The van der Waals surface area contributed by atoms with Crippen LogP contribution in [-0.2, 0) is 7.05 Å². The van der Waals surface area contributed by atoms with Crippen LogP contribution >= 0.6 is 11.3 Å². The number of para-hydroxylation sites is 1. The normalized spacial score (nSPS) is 11.0. The van der Waals surface area contributed by atoms with Crippen molar-refractivity contribution < 1.29 is 0 Å². The molecule has 0 aliphatic heterocycles. The van der Waals surface area contributed by atoms with E-state index < -0.39 is 0 Å². The number of hydrogen-bond donors (Lipinski definition) is 1. The summed E-state index contributed by atoms with van der Waals surface area (Å²) < 4.78 is 1.76. The van der Waals surface area contributed by atoms with Crippen LogP contribution in [0.4, 0.5) is 11.5 Å². The fourth-order valence-electron chi connectivity index (χ4n) is 2.31. The predicted molar refractivity (Wildman–Crippen MR) is 89.3 cm³/mol. The molecule has 3 aromatic heterocycles. The molecule has 4 rings (SSSR count). The molecule has 22 heavy (non-hydrogen) atoms. The third-order valence-corrected chi connectivity index (χ3v) is 4.18. The number of rotatable bonds is 3. The van der Waals surface area contributed by atoms with Gasteiger partial charge in [-0.25, -0.2) is 9.97 Å². The summed E-state index contributed by atoms with van der Waals surface area (Å²) in [6, 6.07) is 12.0. The van der Waals surface area contributed by atoms with Crippen LogP contribution in [0.15, 0.2) is 54.2 Å².